The summed E-state index contributed by atoms with van der Waals surface area (Å²) in [6.07, 6.45) is 3.01. The van der Waals surface area contributed by atoms with Gasteiger partial charge in [0.1, 0.15) is 17.4 Å². The zero-order valence-corrected chi connectivity index (χ0v) is 17.0. The summed E-state index contributed by atoms with van der Waals surface area (Å²) >= 11 is 0. The lowest BCUT2D eigenvalue weighted by Gasteiger charge is -2.34. The minimum Gasteiger partial charge on any atom is -0.461 e. The molecule has 1 unspecified atom stereocenters. The molecular formula is C22H28N2O5. The van der Waals surface area contributed by atoms with E-state index in [1.165, 1.54) is 0 Å². The molecule has 4 rings (SSSR count). The summed E-state index contributed by atoms with van der Waals surface area (Å²) in [6.45, 7) is 1.28. The SMILES string of the molecule is COC(OC)C1CCCN1C(=O)[C@@H]1CCCN1C(=O)Cc1cc2ccccc2o1. The summed E-state index contributed by atoms with van der Waals surface area (Å²) in [6, 6.07) is 9.08. The van der Waals surface area contributed by atoms with Gasteiger partial charge in [0.15, 0.2) is 6.29 Å². The molecule has 2 aliphatic rings. The number of rotatable bonds is 6. The number of ether oxygens (including phenoxy) is 2. The molecule has 29 heavy (non-hydrogen) atoms. The summed E-state index contributed by atoms with van der Waals surface area (Å²) in [5.74, 6) is 0.569. The Balaban J connectivity index is 1.46. The topological polar surface area (TPSA) is 72.2 Å². The second kappa shape index (κ2) is 8.55. The Morgan fingerprint density at radius 2 is 1.83 bits per heavy atom. The number of benzene rings is 1. The molecular weight excluding hydrogens is 372 g/mol. The lowest BCUT2D eigenvalue weighted by Crippen LogP contribution is -2.52. The smallest absolute Gasteiger partial charge is 0.245 e. The molecule has 3 heterocycles. The van der Waals surface area contributed by atoms with E-state index in [9.17, 15) is 9.59 Å². The van der Waals surface area contributed by atoms with Crippen LogP contribution >= 0.6 is 0 Å². The molecule has 1 aromatic heterocycles. The van der Waals surface area contributed by atoms with Gasteiger partial charge in [0.25, 0.3) is 0 Å². The maximum Gasteiger partial charge on any atom is 0.245 e. The number of amides is 2. The number of methoxy groups -OCH3 is 2. The van der Waals surface area contributed by atoms with Gasteiger partial charge >= 0.3 is 0 Å². The number of carbonyl (C=O) groups excluding carboxylic acids is 2. The van der Waals surface area contributed by atoms with Crippen molar-refractivity contribution in [2.24, 2.45) is 0 Å². The Labute approximate surface area is 170 Å². The summed E-state index contributed by atoms with van der Waals surface area (Å²) in [4.78, 5) is 29.9. The Kier molecular flexibility index (Phi) is 5.87. The van der Waals surface area contributed by atoms with E-state index < -0.39 is 12.3 Å². The number of hydrogen-bond acceptors (Lipinski definition) is 5. The molecule has 0 radical (unpaired) electrons. The molecule has 7 nitrogen and oxygen atoms in total. The molecule has 7 heteroatoms. The number of para-hydroxylation sites is 1. The van der Waals surface area contributed by atoms with Gasteiger partial charge in [0, 0.05) is 32.7 Å². The maximum absolute atomic E-state index is 13.3. The van der Waals surface area contributed by atoms with Crippen LogP contribution in [0.3, 0.4) is 0 Å². The molecule has 0 spiro atoms. The summed E-state index contributed by atoms with van der Waals surface area (Å²) in [5, 5.41) is 0.981. The largest absolute Gasteiger partial charge is 0.461 e. The van der Waals surface area contributed by atoms with Crippen LogP contribution in [-0.4, -0.2) is 67.3 Å². The van der Waals surface area contributed by atoms with Crippen LogP contribution in [0, 0.1) is 0 Å². The number of nitrogens with zero attached hydrogens (tertiary/aromatic N) is 2. The van der Waals surface area contributed by atoms with Gasteiger partial charge in [-0.15, -0.1) is 0 Å². The van der Waals surface area contributed by atoms with Crippen molar-refractivity contribution < 1.29 is 23.5 Å². The van der Waals surface area contributed by atoms with Crippen LogP contribution in [-0.2, 0) is 25.5 Å². The lowest BCUT2D eigenvalue weighted by atomic mass is 10.1. The molecule has 2 saturated heterocycles. The molecule has 2 atom stereocenters. The zero-order valence-electron chi connectivity index (χ0n) is 17.0. The minimum absolute atomic E-state index is 0.00190. The highest BCUT2D eigenvalue weighted by molar-refractivity contribution is 5.89. The Hall–Kier alpha value is -2.38. The van der Waals surface area contributed by atoms with Crippen LogP contribution < -0.4 is 0 Å². The molecule has 2 aromatic rings. The van der Waals surface area contributed by atoms with E-state index in [4.69, 9.17) is 13.9 Å². The van der Waals surface area contributed by atoms with E-state index in [0.717, 1.165) is 30.2 Å². The summed E-state index contributed by atoms with van der Waals surface area (Å²) in [5.41, 5.74) is 0.773. The van der Waals surface area contributed by atoms with Crippen LogP contribution in [0.5, 0.6) is 0 Å². The molecule has 156 valence electrons. The van der Waals surface area contributed by atoms with Crippen LogP contribution in [0.1, 0.15) is 31.4 Å². The van der Waals surface area contributed by atoms with Gasteiger partial charge in [0.2, 0.25) is 11.8 Å². The quantitative estimate of drug-likeness (QED) is 0.697. The van der Waals surface area contributed by atoms with Gasteiger partial charge in [-0.25, -0.2) is 0 Å². The molecule has 0 bridgehead atoms. The minimum atomic E-state index is -0.442. The van der Waals surface area contributed by atoms with Crippen LogP contribution in [0.15, 0.2) is 34.7 Å². The second-order valence-corrected chi connectivity index (χ2v) is 7.75. The van der Waals surface area contributed by atoms with Crippen molar-refractivity contribution in [3.8, 4) is 0 Å². The van der Waals surface area contributed by atoms with E-state index in [0.29, 0.717) is 25.3 Å². The highest BCUT2D eigenvalue weighted by Crippen LogP contribution is 2.28. The molecule has 0 saturated carbocycles. The normalized spacial score (nSPS) is 22.2. The Bertz CT molecular complexity index is 842. The third-order valence-electron chi connectivity index (χ3n) is 6.02. The molecule has 2 fully saturated rings. The number of hydrogen-bond donors (Lipinski definition) is 0. The van der Waals surface area contributed by atoms with Crippen LogP contribution in [0.4, 0.5) is 0 Å². The fraction of sp³-hybridized carbons (Fsp3) is 0.545. The van der Waals surface area contributed by atoms with Gasteiger partial charge in [-0.3, -0.25) is 9.59 Å². The van der Waals surface area contributed by atoms with Gasteiger partial charge in [-0.2, -0.15) is 0 Å². The van der Waals surface area contributed by atoms with Crippen molar-refractivity contribution in [2.75, 3.05) is 27.3 Å². The van der Waals surface area contributed by atoms with Gasteiger partial charge < -0.3 is 23.7 Å². The van der Waals surface area contributed by atoms with Gasteiger partial charge in [0.05, 0.1) is 12.5 Å². The van der Waals surface area contributed by atoms with E-state index in [1.54, 1.807) is 19.1 Å². The van der Waals surface area contributed by atoms with E-state index >= 15 is 0 Å². The van der Waals surface area contributed by atoms with Crippen LogP contribution in [0.25, 0.3) is 11.0 Å². The number of furan rings is 1. The van der Waals surface area contributed by atoms with Crippen molar-refractivity contribution >= 4 is 22.8 Å². The Morgan fingerprint density at radius 1 is 1.10 bits per heavy atom. The van der Waals surface area contributed by atoms with E-state index in [2.05, 4.69) is 0 Å². The first-order valence-corrected chi connectivity index (χ1v) is 10.3. The molecule has 0 aliphatic carbocycles. The maximum atomic E-state index is 13.3. The summed E-state index contributed by atoms with van der Waals surface area (Å²) in [7, 11) is 3.18. The molecule has 2 amide bonds. The average molecular weight is 400 g/mol. The third kappa shape index (κ3) is 3.89. The highest BCUT2D eigenvalue weighted by Gasteiger charge is 2.42. The molecule has 2 aliphatic heterocycles. The number of likely N-dealkylation sites (tertiary alicyclic amines) is 2. The predicted molar refractivity (Wildman–Crippen MR) is 107 cm³/mol. The fourth-order valence-electron chi connectivity index (χ4n) is 4.65. The number of carbonyl (C=O) groups is 2. The van der Waals surface area contributed by atoms with Crippen LogP contribution in [0.2, 0.25) is 0 Å². The predicted octanol–water partition coefficient (Wildman–Crippen LogP) is 2.58. The van der Waals surface area contributed by atoms with Gasteiger partial charge in [-0.05, 0) is 37.8 Å². The second-order valence-electron chi connectivity index (χ2n) is 7.75. The Morgan fingerprint density at radius 3 is 2.59 bits per heavy atom. The molecule has 0 N–H and O–H groups in total. The standard InChI is InChI=1S/C22H28N2O5/c1-27-22(28-2)18-9-6-12-24(18)21(26)17-8-5-11-23(17)20(25)14-16-13-15-7-3-4-10-19(15)29-16/h3-4,7,10,13,17-18,22H,5-6,8-9,11-12,14H2,1-2H3/t17-,18?/m0/s1. The summed E-state index contributed by atoms with van der Waals surface area (Å²) < 4.78 is 16.6. The van der Waals surface area contributed by atoms with Crippen molar-refractivity contribution in [2.45, 2.75) is 50.5 Å². The fourth-order valence-corrected chi connectivity index (χ4v) is 4.65. The monoisotopic (exact) mass is 400 g/mol. The third-order valence-corrected chi connectivity index (χ3v) is 6.02. The van der Waals surface area contributed by atoms with Crippen molar-refractivity contribution in [1.29, 1.82) is 0 Å². The highest BCUT2D eigenvalue weighted by atomic mass is 16.7. The van der Waals surface area contributed by atoms with E-state index in [1.807, 2.05) is 35.2 Å². The van der Waals surface area contributed by atoms with Crippen molar-refractivity contribution in [3.05, 3.63) is 36.1 Å². The average Bonchev–Trinajstić information content (AvgIpc) is 3.47. The number of fused-ring (bicyclic) bond motifs is 1. The first kappa shape index (κ1) is 19.9. The van der Waals surface area contributed by atoms with Crippen molar-refractivity contribution in [3.63, 3.8) is 0 Å². The zero-order chi connectivity index (χ0) is 20.4. The van der Waals surface area contributed by atoms with Gasteiger partial charge in [-0.1, -0.05) is 18.2 Å². The lowest BCUT2D eigenvalue weighted by molar-refractivity contribution is -0.161. The van der Waals surface area contributed by atoms with E-state index in [-0.39, 0.29) is 24.3 Å². The van der Waals surface area contributed by atoms with Crippen molar-refractivity contribution in [1.82, 2.24) is 9.80 Å². The molecule has 1 aromatic carbocycles. The first-order chi connectivity index (χ1) is 14.1. The first-order valence-electron chi connectivity index (χ1n) is 10.3.